The largest absolute Gasteiger partial charge is 0.441 e. The van der Waals surface area contributed by atoms with Gasteiger partial charge in [-0.2, -0.15) is 10.5 Å². The molecule has 2 aromatic rings. The van der Waals surface area contributed by atoms with Crippen LogP contribution in [0.15, 0.2) is 40.9 Å². The highest BCUT2D eigenvalue weighted by Crippen LogP contribution is 2.20. The highest BCUT2D eigenvalue weighted by Gasteiger charge is 2.14. The first-order valence-corrected chi connectivity index (χ1v) is 6.76. The lowest BCUT2D eigenvalue weighted by molar-refractivity contribution is -0.130. The molecule has 0 radical (unpaired) electrons. The van der Waals surface area contributed by atoms with E-state index >= 15 is 0 Å². The van der Waals surface area contributed by atoms with Gasteiger partial charge in [-0.1, -0.05) is 30.3 Å². The van der Waals surface area contributed by atoms with E-state index in [2.05, 4.69) is 4.98 Å². The van der Waals surface area contributed by atoms with Crippen molar-refractivity contribution in [3.05, 3.63) is 42.4 Å². The highest BCUT2D eigenvalue weighted by molar-refractivity contribution is 5.76. The fourth-order valence-corrected chi connectivity index (χ4v) is 1.94. The molecule has 6 nitrogen and oxygen atoms in total. The second-order valence-corrected chi connectivity index (χ2v) is 4.55. The maximum Gasteiger partial charge on any atom is 0.224 e. The summed E-state index contributed by atoms with van der Waals surface area (Å²) in [5.74, 6) is 0.845. The van der Waals surface area contributed by atoms with Gasteiger partial charge >= 0.3 is 0 Å². The molecule has 0 aliphatic carbocycles. The molecular formula is C16H14N4O2. The van der Waals surface area contributed by atoms with Gasteiger partial charge in [-0.25, -0.2) is 4.98 Å². The number of amides is 1. The Morgan fingerprint density at radius 1 is 1.18 bits per heavy atom. The lowest BCUT2D eigenvalue weighted by Crippen LogP contribution is -2.31. The van der Waals surface area contributed by atoms with Crippen LogP contribution in [0.4, 0.5) is 0 Å². The number of carbonyl (C=O) groups excluding carboxylic acids is 1. The van der Waals surface area contributed by atoms with Gasteiger partial charge in [0.1, 0.15) is 13.1 Å². The maximum absolute atomic E-state index is 11.9. The number of hydrogen-bond acceptors (Lipinski definition) is 5. The minimum absolute atomic E-state index is 0.0900. The van der Waals surface area contributed by atoms with Crippen molar-refractivity contribution in [2.24, 2.45) is 0 Å². The van der Waals surface area contributed by atoms with Crippen molar-refractivity contribution < 1.29 is 9.21 Å². The van der Waals surface area contributed by atoms with Gasteiger partial charge in [-0.3, -0.25) is 4.79 Å². The van der Waals surface area contributed by atoms with Crippen LogP contribution >= 0.6 is 0 Å². The summed E-state index contributed by atoms with van der Waals surface area (Å²) >= 11 is 0. The summed E-state index contributed by atoms with van der Waals surface area (Å²) in [5.41, 5.74) is 0.920. The summed E-state index contributed by atoms with van der Waals surface area (Å²) in [6, 6.07) is 13.3. The highest BCUT2D eigenvalue weighted by atomic mass is 16.4. The van der Waals surface area contributed by atoms with Crippen molar-refractivity contribution >= 4 is 5.91 Å². The van der Waals surface area contributed by atoms with Crippen molar-refractivity contribution in [1.29, 1.82) is 10.5 Å². The zero-order valence-corrected chi connectivity index (χ0v) is 11.9. The zero-order valence-electron chi connectivity index (χ0n) is 11.9. The Kier molecular flexibility index (Phi) is 5.28. The fraction of sp³-hybridized carbons (Fsp3) is 0.250. The maximum atomic E-state index is 11.9. The van der Waals surface area contributed by atoms with E-state index in [9.17, 15) is 4.79 Å². The first-order valence-electron chi connectivity index (χ1n) is 6.76. The Hall–Kier alpha value is -3.12. The quantitative estimate of drug-likeness (QED) is 0.761. The van der Waals surface area contributed by atoms with Crippen LogP contribution in [0.2, 0.25) is 0 Å². The Labute approximate surface area is 128 Å². The van der Waals surface area contributed by atoms with Crippen LogP contribution < -0.4 is 0 Å². The summed E-state index contributed by atoms with van der Waals surface area (Å²) in [5, 5.41) is 17.3. The van der Waals surface area contributed by atoms with E-state index in [0.29, 0.717) is 18.1 Å². The second-order valence-electron chi connectivity index (χ2n) is 4.55. The zero-order chi connectivity index (χ0) is 15.8. The van der Waals surface area contributed by atoms with Gasteiger partial charge in [0.2, 0.25) is 5.91 Å². The second kappa shape index (κ2) is 7.61. The minimum atomic E-state index is -0.262. The van der Waals surface area contributed by atoms with Gasteiger partial charge in [-0.05, 0) is 0 Å². The predicted molar refractivity (Wildman–Crippen MR) is 78.1 cm³/mol. The van der Waals surface area contributed by atoms with Crippen LogP contribution in [0, 0.1) is 22.7 Å². The van der Waals surface area contributed by atoms with Gasteiger partial charge in [0.05, 0.1) is 18.3 Å². The molecule has 0 fully saturated rings. The first-order chi connectivity index (χ1) is 10.7. The summed E-state index contributed by atoms with van der Waals surface area (Å²) in [6.45, 7) is -0.180. The van der Waals surface area contributed by atoms with E-state index in [1.807, 2.05) is 42.5 Å². The molecule has 0 spiro atoms. The lowest BCUT2D eigenvalue weighted by atomic mass is 10.2. The third kappa shape index (κ3) is 3.94. The molecule has 0 saturated carbocycles. The Morgan fingerprint density at radius 3 is 2.50 bits per heavy atom. The van der Waals surface area contributed by atoms with Gasteiger partial charge in [-0.15, -0.1) is 0 Å². The fourth-order valence-electron chi connectivity index (χ4n) is 1.94. The molecule has 1 heterocycles. The molecule has 1 amide bonds. The van der Waals surface area contributed by atoms with E-state index in [4.69, 9.17) is 14.9 Å². The number of rotatable bonds is 6. The number of hydrogen-bond donors (Lipinski definition) is 0. The van der Waals surface area contributed by atoms with Crippen LogP contribution in [0.5, 0.6) is 0 Å². The van der Waals surface area contributed by atoms with E-state index < -0.39 is 0 Å². The standard InChI is InChI=1S/C16H14N4O2/c17-8-10-20(11-9-18)16(21)7-6-15-19-12-14(22-15)13-4-2-1-3-5-13/h1-5,12H,6-7,10-11H2. The number of nitrogens with zero attached hydrogens (tertiary/aromatic N) is 4. The molecule has 2 rings (SSSR count). The molecule has 0 atom stereocenters. The van der Waals surface area contributed by atoms with Crippen molar-refractivity contribution in [2.75, 3.05) is 13.1 Å². The number of carbonyl (C=O) groups is 1. The molecule has 0 N–H and O–H groups in total. The van der Waals surface area contributed by atoms with Crippen molar-refractivity contribution in [1.82, 2.24) is 9.88 Å². The Morgan fingerprint density at radius 2 is 1.86 bits per heavy atom. The topological polar surface area (TPSA) is 93.9 Å². The van der Waals surface area contributed by atoms with Crippen molar-refractivity contribution in [2.45, 2.75) is 12.8 Å². The summed E-state index contributed by atoms with van der Waals surface area (Å²) in [4.78, 5) is 17.3. The number of aromatic nitrogens is 1. The SMILES string of the molecule is N#CCN(CC#N)C(=O)CCc1ncc(-c2ccccc2)o1. The lowest BCUT2D eigenvalue weighted by Gasteiger charge is -2.14. The van der Waals surface area contributed by atoms with Crippen LogP contribution in [0.3, 0.4) is 0 Å². The molecule has 6 heteroatoms. The van der Waals surface area contributed by atoms with Crippen LogP contribution in [-0.4, -0.2) is 28.9 Å². The smallest absolute Gasteiger partial charge is 0.224 e. The van der Waals surface area contributed by atoms with Gasteiger partial charge in [0.15, 0.2) is 11.7 Å². The molecule has 0 aliphatic heterocycles. The average Bonchev–Trinajstić information content (AvgIpc) is 3.02. The van der Waals surface area contributed by atoms with E-state index in [1.54, 1.807) is 6.20 Å². The van der Waals surface area contributed by atoms with Crippen LogP contribution in [0.25, 0.3) is 11.3 Å². The van der Waals surface area contributed by atoms with Crippen LogP contribution in [-0.2, 0) is 11.2 Å². The van der Waals surface area contributed by atoms with Gasteiger partial charge in [0, 0.05) is 18.4 Å². The predicted octanol–water partition coefficient (Wildman–Crippen LogP) is 2.15. The van der Waals surface area contributed by atoms with Crippen LogP contribution in [0.1, 0.15) is 12.3 Å². The van der Waals surface area contributed by atoms with Gasteiger partial charge in [0.25, 0.3) is 0 Å². The molecule has 0 aliphatic rings. The Balaban J connectivity index is 1.95. The van der Waals surface area contributed by atoms with Crippen molar-refractivity contribution in [3.8, 4) is 23.5 Å². The minimum Gasteiger partial charge on any atom is -0.441 e. The monoisotopic (exact) mass is 294 g/mol. The number of nitriles is 2. The number of aryl methyl sites for hydroxylation is 1. The molecule has 0 bridgehead atoms. The molecule has 1 aromatic carbocycles. The Bertz CT molecular complexity index is 694. The molecule has 0 saturated heterocycles. The molecule has 110 valence electrons. The summed E-state index contributed by atoms with van der Waals surface area (Å²) < 4.78 is 5.61. The molecule has 22 heavy (non-hydrogen) atoms. The van der Waals surface area contributed by atoms with E-state index in [-0.39, 0.29) is 25.4 Å². The molecular weight excluding hydrogens is 280 g/mol. The third-order valence-electron chi connectivity index (χ3n) is 3.04. The summed E-state index contributed by atoms with van der Waals surface area (Å²) in [6.07, 6.45) is 2.11. The molecule has 1 aromatic heterocycles. The number of benzene rings is 1. The van der Waals surface area contributed by atoms with Gasteiger partial charge < -0.3 is 9.32 Å². The van der Waals surface area contributed by atoms with E-state index in [0.717, 1.165) is 5.56 Å². The summed E-state index contributed by atoms with van der Waals surface area (Å²) in [7, 11) is 0. The van der Waals surface area contributed by atoms with Crippen molar-refractivity contribution in [3.63, 3.8) is 0 Å². The first kappa shape index (κ1) is 15.3. The number of oxazole rings is 1. The normalized spacial score (nSPS) is 9.73. The molecule has 0 unspecified atom stereocenters. The average molecular weight is 294 g/mol. The third-order valence-corrected chi connectivity index (χ3v) is 3.04. The van der Waals surface area contributed by atoms with E-state index in [1.165, 1.54) is 4.90 Å².